The first-order chi connectivity index (χ1) is 15.8. The number of unbranched alkanes of at least 4 members (excludes halogenated alkanes) is 1. The predicted octanol–water partition coefficient (Wildman–Crippen LogP) is 4.76. The number of methoxy groups -OCH3 is 1. The fourth-order valence-corrected chi connectivity index (χ4v) is 3.10. The van der Waals surface area contributed by atoms with E-state index in [2.05, 4.69) is 17.2 Å². The Kier molecular flexibility index (Phi) is 8.00. The second-order valence-electron chi connectivity index (χ2n) is 7.51. The number of carbonyl (C=O) groups is 1. The average molecular weight is 459 g/mol. The minimum absolute atomic E-state index is 0.00760. The van der Waals surface area contributed by atoms with Gasteiger partial charge in [0.05, 0.1) is 19.8 Å². The standard InChI is InChI=1S/C24H27F2N3O4/c1-4-5-10-32-20-11-15(7-9-19(20)31-3)24-29-21(22(33-24)14(2)27)23(30)28-13-16-6-8-17(25)12-18(16)26/h6-9,11-12,14H,4-5,10,13,27H2,1-3H3,(H,28,30). The minimum atomic E-state index is -0.752. The molecule has 0 aliphatic carbocycles. The van der Waals surface area contributed by atoms with E-state index in [9.17, 15) is 13.6 Å². The third-order valence-electron chi connectivity index (χ3n) is 4.90. The first-order valence-electron chi connectivity index (χ1n) is 10.6. The smallest absolute Gasteiger partial charge is 0.273 e. The lowest BCUT2D eigenvalue weighted by Crippen LogP contribution is -2.25. The summed E-state index contributed by atoms with van der Waals surface area (Å²) in [6.07, 6.45) is 1.87. The summed E-state index contributed by atoms with van der Waals surface area (Å²) in [5, 5.41) is 2.58. The molecule has 2 aromatic carbocycles. The number of rotatable bonds is 10. The van der Waals surface area contributed by atoms with Gasteiger partial charge in [-0.2, -0.15) is 0 Å². The summed E-state index contributed by atoms with van der Waals surface area (Å²) in [4.78, 5) is 17.1. The molecule has 1 amide bonds. The van der Waals surface area contributed by atoms with Crippen LogP contribution in [0.3, 0.4) is 0 Å². The van der Waals surface area contributed by atoms with Gasteiger partial charge in [-0.15, -0.1) is 0 Å². The van der Waals surface area contributed by atoms with E-state index in [0.29, 0.717) is 23.7 Å². The molecule has 1 heterocycles. The zero-order valence-electron chi connectivity index (χ0n) is 18.8. The van der Waals surface area contributed by atoms with Crippen molar-refractivity contribution in [1.82, 2.24) is 10.3 Å². The Hall–Kier alpha value is -3.46. The molecule has 3 N–H and O–H groups in total. The Bertz CT molecular complexity index is 1120. The van der Waals surface area contributed by atoms with E-state index in [1.807, 2.05) is 0 Å². The Morgan fingerprint density at radius 1 is 1.21 bits per heavy atom. The first kappa shape index (κ1) is 24.2. The number of ether oxygens (including phenoxy) is 2. The van der Waals surface area contributed by atoms with Crippen LogP contribution < -0.4 is 20.5 Å². The number of oxazole rings is 1. The van der Waals surface area contributed by atoms with E-state index < -0.39 is 23.6 Å². The summed E-state index contributed by atoms with van der Waals surface area (Å²) in [6.45, 7) is 4.11. The average Bonchev–Trinajstić information content (AvgIpc) is 3.24. The summed E-state index contributed by atoms with van der Waals surface area (Å²) in [5.41, 5.74) is 6.70. The van der Waals surface area contributed by atoms with Gasteiger partial charge < -0.3 is 24.9 Å². The SMILES string of the molecule is CCCCOc1cc(-c2nc(C(=O)NCc3ccc(F)cc3F)c(C(C)N)o2)ccc1OC. The topological polar surface area (TPSA) is 99.6 Å². The van der Waals surface area contributed by atoms with Gasteiger partial charge in [-0.05, 0) is 37.6 Å². The minimum Gasteiger partial charge on any atom is -0.493 e. The Morgan fingerprint density at radius 2 is 2.00 bits per heavy atom. The van der Waals surface area contributed by atoms with E-state index in [4.69, 9.17) is 19.6 Å². The molecular weight excluding hydrogens is 432 g/mol. The number of benzene rings is 2. The molecule has 0 aliphatic rings. The molecule has 3 rings (SSSR count). The third-order valence-corrected chi connectivity index (χ3v) is 4.90. The fourth-order valence-electron chi connectivity index (χ4n) is 3.10. The van der Waals surface area contributed by atoms with Crippen molar-refractivity contribution in [2.24, 2.45) is 5.73 Å². The van der Waals surface area contributed by atoms with E-state index in [1.54, 1.807) is 32.2 Å². The molecule has 1 atom stereocenters. The van der Waals surface area contributed by atoms with Crippen LogP contribution >= 0.6 is 0 Å². The summed E-state index contributed by atoms with van der Waals surface area (Å²) in [6, 6.07) is 7.71. The number of nitrogens with one attached hydrogen (secondary N) is 1. The molecule has 0 saturated heterocycles. The van der Waals surface area contributed by atoms with Crippen LogP contribution in [0.15, 0.2) is 40.8 Å². The van der Waals surface area contributed by atoms with Crippen molar-refractivity contribution < 1.29 is 27.5 Å². The molecule has 0 spiro atoms. The highest BCUT2D eigenvalue weighted by Gasteiger charge is 2.24. The van der Waals surface area contributed by atoms with Crippen LogP contribution in [0.2, 0.25) is 0 Å². The zero-order valence-corrected chi connectivity index (χ0v) is 18.8. The highest BCUT2D eigenvalue weighted by atomic mass is 19.1. The van der Waals surface area contributed by atoms with Crippen LogP contribution in [0.25, 0.3) is 11.5 Å². The van der Waals surface area contributed by atoms with E-state index in [1.165, 1.54) is 6.07 Å². The van der Waals surface area contributed by atoms with Crippen LogP contribution in [-0.4, -0.2) is 24.6 Å². The van der Waals surface area contributed by atoms with Crippen LogP contribution in [0.5, 0.6) is 11.5 Å². The number of hydrogen-bond donors (Lipinski definition) is 2. The van der Waals surface area contributed by atoms with Crippen LogP contribution in [0.1, 0.15) is 54.5 Å². The first-order valence-corrected chi connectivity index (χ1v) is 10.6. The van der Waals surface area contributed by atoms with Gasteiger partial charge >= 0.3 is 0 Å². The Labute approximate surface area is 190 Å². The number of halogens is 2. The molecule has 0 radical (unpaired) electrons. The van der Waals surface area contributed by atoms with Crippen molar-refractivity contribution in [1.29, 1.82) is 0 Å². The van der Waals surface area contributed by atoms with Gasteiger partial charge in [0, 0.05) is 23.7 Å². The van der Waals surface area contributed by atoms with Gasteiger partial charge in [-0.25, -0.2) is 13.8 Å². The normalized spacial score (nSPS) is 11.8. The van der Waals surface area contributed by atoms with Gasteiger partial charge in [0.15, 0.2) is 23.0 Å². The molecule has 3 aromatic rings. The molecule has 1 unspecified atom stereocenters. The second kappa shape index (κ2) is 10.9. The molecule has 0 aliphatic heterocycles. The predicted molar refractivity (Wildman–Crippen MR) is 119 cm³/mol. The van der Waals surface area contributed by atoms with Gasteiger partial charge in [0.1, 0.15) is 11.6 Å². The molecular formula is C24H27F2N3O4. The number of nitrogens with two attached hydrogens (primary N) is 1. The fraction of sp³-hybridized carbons (Fsp3) is 0.333. The molecule has 0 saturated carbocycles. The van der Waals surface area contributed by atoms with Gasteiger partial charge in [0.25, 0.3) is 5.91 Å². The number of carbonyl (C=O) groups excluding carboxylic acids is 1. The highest BCUT2D eigenvalue weighted by Crippen LogP contribution is 2.34. The summed E-state index contributed by atoms with van der Waals surface area (Å²) in [5.74, 6) is -0.573. The van der Waals surface area contributed by atoms with Gasteiger partial charge in [0.2, 0.25) is 5.89 Å². The summed E-state index contributed by atoms with van der Waals surface area (Å²) < 4.78 is 43.9. The van der Waals surface area contributed by atoms with Gasteiger partial charge in [-0.1, -0.05) is 19.4 Å². The Morgan fingerprint density at radius 3 is 2.67 bits per heavy atom. The van der Waals surface area contributed by atoms with Gasteiger partial charge in [-0.3, -0.25) is 4.79 Å². The molecule has 1 aromatic heterocycles. The van der Waals surface area contributed by atoms with Crippen molar-refractivity contribution in [3.63, 3.8) is 0 Å². The lowest BCUT2D eigenvalue weighted by molar-refractivity contribution is 0.0943. The van der Waals surface area contributed by atoms with Crippen LogP contribution in [-0.2, 0) is 6.54 Å². The number of hydrogen-bond acceptors (Lipinski definition) is 6. The quantitative estimate of drug-likeness (QED) is 0.424. The molecule has 0 bridgehead atoms. The van der Waals surface area contributed by atoms with Crippen LogP contribution in [0.4, 0.5) is 8.78 Å². The molecule has 176 valence electrons. The second-order valence-corrected chi connectivity index (χ2v) is 7.51. The van der Waals surface area contributed by atoms with Crippen molar-refractivity contribution in [2.45, 2.75) is 39.3 Å². The third kappa shape index (κ3) is 5.87. The van der Waals surface area contributed by atoms with E-state index >= 15 is 0 Å². The highest BCUT2D eigenvalue weighted by molar-refractivity contribution is 5.94. The summed E-state index contributed by atoms with van der Waals surface area (Å²) >= 11 is 0. The lowest BCUT2D eigenvalue weighted by atomic mass is 10.2. The molecule has 33 heavy (non-hydrogen) atoms. The van der Waals surface area contributed by atoms with Crippen molar-refractivity contribution in [3.8, 4) is 23.0 Å². The Balaban J connectivity index is 1.85. The number of aromatic nitrogens is 1. The van der Waals surface area contributed by atoms with E-state index in [0.717, 1.165) is 25.0 Å². The molecule has 0 fully saturated rings. The maximum atomic E-state index is 13.9. The maximum Gasteiger partial charge on any atom is 0.273 e. The molecule has 9 heteroatoms. The van der Waals surface area contributed by atoms with Crippen molar-refractivity contribution in [3.05, 3.63) is 65.1 Å². The number of nitrogens with zero attached hydrogens (tertiary/aromatic N) is 1. The van der Waals surface area contributed by atoms with E-state index in [-0.39, 0.29) is 29.5 Å². The van der Waals surface area contributed by atoms with Crippen molar-refractivity contribution >= 4 is 5.91 Å². The maximum absolute atomic E-state index is 13.9. The zero-order chi connectivity index (χ0) is 24.0. The number of amides is 1. The van der Waals surface area contributed by atoms with Crippen molar-refractivity contribution in [2.75, 3.05) is 13.7 Å². The largest absolute Gasteiger partial charge is 0.493 e. The monoisotopic (exact) mass is 459 g/mol. The lowest BCUT2D eigenvalue weighted by Gasteiger charge is -2.11. The van der Waals surface area contributed by atoms with Crippen LogP contribution in [0, 0.1) is 11.6 Å². The summed E-state index contributed by atoms with van der Waals surface area (Å²) in [7, 11) is 1.55. The molecule has 7 nitrogen and oxygen atoms in total.